The van der Waals surface area contributed by atoms with Gasteiger partial charge in [-0.25, -0.2) is 0 Å². The Balaban J connectivity index is 2.84. The molecule has 106 valence electrons. The van der Waals surface area contributed by atoms with E-state index in [1.54, 1.807) is 39.8 Å². The fourth-order valence-electron chi connectivity index (χ4n) is 1.51. The minimum Gasteiger partial charge on any atom is -0.460 e. The minimum atomic E-state index is -0.890. The molecular weight excluding hydrogens is 376 g/mol. The van der Waals surface area contributed by atoms with Crippen LogP contribution in [0.3, 0.4) is 0 Å². The van der Waals surface area contributed by atoms with Crippen molar-refractivity contribution < 1.29 is 14.6 Å². The van der Waals surface area contributed by atoms with Crippen LogP contribution in [0, 0.1) is 5.92 Å². The Hall–Kier alpha value is -0.390. The number of benzene rings is 1. The first kappa shape index (κ1) is 16.7. The van der Waals surface area contributed by atoms with Gasteiger partial charge in [0.1, 0.15) is 5.60 Å². The second kappa shape index (κ2) is 6.37. The van der Waals surface area contributed by atoms with Crippen LogP contribution in [0.5, 0.6) is 0 Å². The Kier molecular flexibility index (Phi) is 5.59. The van der Waals surface area contributed by atoms with Gasteiger partial charge in [0.05, 0.1) is 12.0 Å². The van der Waals surface area contributed by atoms with Gasteiger partial charge < -0.3 is 9.84 Å². The minimum absolute atomic E-state index is 0.404. The van der Waals surface area contributed by atoms with Gasteiger partial charge in [-0.05, 0) is 77.3 Å². The van der Waals surface area contributed by atoms with Gasteiger partial charge in [0, 0.05) is 8.95 Å². The summed E-state index contributed by atoms with van der Waals surface area (Å²) >= 11 is 6.74. The third kappa shape index (κ3) is 4.89. The fraction of sp³-hybridized carbons (Fsp3) is 0.500. The van der Waals surface area contributed by atoms with E-state index in [9.17, 15) is 9.90 Å². The molecule has 1 rings (SSSR count). The molecule has 0 bridgehead atoms. The van der Waals surface area contributed by atoms with Crippen LogP contribution < -0.4 is 0 Å². The molecular formula is C14H18Br2O3. The predicted octanol–water partition coefficient (Wildman–Crippen LogP) is 4.22. The largest absolute Gasteiger partial charge is 0.460 e. The highest BCUT2D eigenvalue weighted by Gasteiger charge is 2.28. The maximum absolute atomic E-state index is 11.9. The quantitative estimate of drug-likeness (QED) is 0.782. The second-order valence-electron chi connectivity index (χ2n) is 5.44. The fourth-order valence-corrected chi connectivity index (χ4v) is 2.15. The van der Waals surface area contributed by atoms with Crippen molar-refractivity contribution in [2.45, 2.75) is 39.4 Å². The molecule has 0 radical (unpaired) electrons. The van der Waals surface area contributed by atoms with E-state index in [0.717, 1.165) is 8.95 Å². The molecule has 0 aliphatic rings. The summed E-state index contributed by atoms with van der Waals surface area (Å²) in [7, 11) is 0. The number of aliphatic hydroxyl groups is 1. The molecule has 0 heterocycles. The molecule has 0 amide bonds. The number of aliphatic hydroxyl groups excluding tert-OH is 1. The Bertz CT molecular complexity index is 466. The van der Waals surface area contributed by atoms with Crippen LogP contribution >= 0.6 is 31.9 Å². The number of hydrogen-bond donors (Lipinski definition) is 1. The highest BCUT2D eigenvalue weighted by atomic mass is 79.9. The lowest BCUT2D eigenvalue weighted by Gasteiger charge is -2.24. The van der Waals surface area contributed by atoms with Crippen LogP contribution in [0.1, 0.15) is 39.4 Å². The van der Waals surface area contributed by atoms with Crippen molar-refractivity contribution in [3.8, 4) is 0 Å². The molecule has 0 spiro atoms. The maximum Gasteiger partial charge on any atom is 0.312 e. The first-order valence-corrected chi connectivity index (χ1v) is 7.56. The summed E-state index contributed by atoms with van der Waals surface area (Å²) in [5.41, 5.74) is 0.124. The highest BCUT2D eigenvalue weighted by Crippen LogP contribution is 2.30. The zero-order valence-corrected chi connectivity index (χ0v) is 14.6. The van der Waals surface area contributed by atoms with Crippen LogP contribution in [-0.2, 0) is 9.53 Å². The van der Waals surface area contributed by atoms with Crippen molar-refractivity contribution in [3.05, 3.63) is 32.7 Å². The zero-order valence-electron chi connectivity index (χ0n) is 11.4. The smallest absolute Gasteiger partial charge is 0.312 e. The Labute approximate surface area is 130 Å². The van der Waals surface area contributed by atoms with Gasteiger partial charge >= 0.3 is 5.97 Å². The molecule has 0 fully saturated rings. The molecule has 0 saturated carbocycles. The Morgan fingerprint density at radius 3 is 2.32 bits per heavy atom. The summed E-state index contributed by atoms with van der Waals surface area (Å²) in [6.45, 7) is 7.08. The molecule has 5 heteroatoms. The lowest BCUT2D eigenvalue weighted by atomic mass is 9.97. The molecule has 1 aromatic rings. The molecule has 2 unspecified atom stereocenters. The van der Waals surface area contributed by atoms with Gasteiger partial charge in [-0.2, -0.15) is 0 Å². The van der Waals surface area contributed by atoms with Crippen molar-refractivity contribution in [1.29, 1.82) is 0 Å². The summed E-state index contributed by atoms with van der Waals surface area (Å²) in [5, 5.41) is 10.2. The van der Waals surface area contributed by atoms with E-state index in [-0.39, 0.29) is 0 Å². The van der Waals surface area contributed by atoms with Gasteiger partial charge in [-0.3, -0.25) is 4.79 Å². The first-order chi connectivity index (χ1) is 8.61. The van der Waals surface area contributed by atoms with Crippen LogP contribution in [-0.4, -0.2) is 16.7 Å². The lowest BCUT2D eigenvalue weighted by Crippen LogP contribution is -2.30. The number of rotatable bonds is 3. The van der Waals surface area contributed by atoms with Gasteiger partial charge in [-0.15, -0.1) is 0 Å². The number of ether oxygens (including phenoxy) is 1. The number of halogens is 2. The molecule has 0 saturated heterocycles. The van der Waals surface area contributed by atoms with E-state index >= 15 is 0 Å². The third-order valence-corrected chi connectivity index (χ3v) is 4.42. The van der Waals surface area contributed by atoms with E-state index in [0.29, 0.717) is 5.56 Å². The molecule has 1 N–H and O–H groups in total. The first-order valence-electron chi connectivity index (χ1n) is 5.97. The van der Waals surface area contributed by atoms with Crippen molar-refractivity contribution in [2.75, 3.05) is 0 Å². The molecule has 3 nitrogen and oxygen atoms in total. The lowest BCUT2D eigenvalue weighted by molar-refractivity contribution is -0.163. The van der Waals surface area contributed by atoms with E-state index in [1.165, 1.54) is 0 Å². The summed E-state index contributed by atoms with van der Waals surface area (Å²) < 4.78 is 7.01. The van der Waals surface area contributed by atoms with Gasteiger partial charge in [0.15, 0.2) is 0 Å². The molecule has 0 aliphatic carbocycles. The molecule has 0 aliphatic heterocycles. The molecule has 0 aromatic heterocycles. The monoisotopic (exact) mass is 392 g/mol. The molecule has 1 aromatic carbocycles. The maximum atomic E-state index is 11.9. The Morgan fingerprint density at radius 2 is 1.84 bits per heavy atom. The molecule has 19 heavy (non-hydrogen) atoms. The molecule has 2 atom stereocenters. The summed E-state index contributed by atoms with van der Waals surface area (Å²) in [6.07, 6.45) is -0.890. The number of esters is 1. The third-order valence-electron chi connectivity index (χ3n) is 2.54. The normalized spacial score (nSPS) is 14.9. The van der Waals surface area contributed by atoms with Crippen molar-refractivity contribution in [3.63, 3.8) is 0 Å². The van der Waals surface area contributed by atoms with Crippen molar-refractivity contribution >= 4 is 37.8 Å². The van der Waals surface area contributed by atoms with E-state index in [4.69, 9.17) is 4.74 Å². The summed E-state index contributed by atoms with van der Waals surface area (Å²) in [4.78, 5) is 11.9. The standard InChI is InChI=1S/C14H18Br2O3/c1-8(13(18)19-14(2,3)4)12(17)9-5-6-10(15)11(16)7-9/h5-8,12,17H,1-4H3. The average Bonchev–Trinajstić information content (AvgIpc) is 2.28. The van der Waals surface area contributed by atoms with E-state index in [2.05, 4.69) is 31.9 Å². The van der Waals surface area contributed by atoms with Crippen molar-refractivity contribution in [2.24, 2.45) is 5.92 Å². The predicted molar refractivity (Wildman–Crippen MR) is 81.8 cm³/mol. The Morgan fingerprint density at radius 1 is 1.26 bits per heavy atom. The van der Waals surface area contributed by atoms with E-state index in [1.807, 2.05) is 6.07 Å². The van der Waals surface area contributed by atoms with Crippen LogP contribution in [0.4, 0.5) is 0 Å². The number of hydrogen-bond acceptors (Lipinski definition) is 3. The average molecular weight is 394 g/mol. The zero-order chi connectivity index (χ0) is 14.8. The van der Waals surface area contributed by atoms with Crippen LogP contribution in [0.25, 0.3) is 0 Å². The summed E-state index contributed by atoms with van der Waals surface area (Å²) in [6, 6.07) is 5.39. The highest BCUT2D eigenvalue weighted by molar-refractivity contribution is 9.13. The second-order valence-corrected chi connectivity index (χ2v) is 7.15. The number of carbonyl (C=O) groups excluding carboxylic acids is 1. The van der Waals surface area contributed by atoms with Crippen molar-refractivity contribution in [1.82, 2.24) is 0 Å². The SMILES string of the molecule is CC(C(=O)OC(C)(C)C)C(O)c1ccc(Br)c(Br)c1. The van der Waals surface area contributed by atoms with Gasteiger partial charge in [0.2, 0.25) is 0 Å². The topological polar surface area (TPSA) is 46.5 Å². The van der Waals surface area contributed by atoms with Gasteiger partial charge in [-0.1, -0.05) is 6.07 Å². The summed E-state index contributed by atoms with van der Waals surface area (Å²) in [5.74, 6) is -1.02. The van der Waals surface area contributed by atoms with Crippen LogP contribution in [0.2, 0.25) is 0 Å². The van der Waals surface area contributed by atoms with Crippen LogP contribution in [0.15, 0.2) is 27.1 Å². The number of carbonyl (C=O) groups is 1. The van der Waals surface area contributed by atoms with Gasteiger partial charge in [0.25, 0.3) is 0 Å². The van der Waals surface area contributed by atoms with E-state index < -0.39 is 23.6 Å².